The molecule has 1 fully saturated rings. The lowest BCUT2D eigenvalue weighted by molar-refractivity contribution is 0.405. The second kappa shape index (κ2) is 3.96. The largest absolute Gasteiger partial charge is 0.354 e. The molecule has 14 heavy (non-hydrogen) atoms. The monoisotopic (exact) mass is 191 g/mol. The first-order chi connectivity index (χ1) is 6.75. The van der Waals surface area contributed by atoms with Gasteiger partial charge in [-0.15, -0.1) is 0 Å². The minimum atomic E-state index is 0.542. The number of pyridine rings is 1. The molecule has 1 aliphatic heterocycles. The Hall–Kier alpha value is -1.09. The van der Waals surface area contributed by atoms with Crippen molar-refractivity contribution in [3.05, 3.63) is 24.4 Å². The molecule has 1 aromatic heterocycles. The Morgan fingerprint density at radius 3 is 2.57 bits per heavy atom. The molecule has 0 unspecified atom stereocenters. The second-order valence-electron chi connectivity index (χ2n) is 4.06. The van der Waals surface area contributed by atoms with E-state index in [1.807, 2.05) is 18.3 Å². The zero-order chi connectivity index (χ0) is 9.97. The molecule has 1 N–H and O–H groups in total. The van der Waals surface area contributed by atoms with Gasteiger partial charge in [0.05, 0.1) is 0 Å². The van der Waals surface area contributed by atoms with E-state index in [1.165, 1.54) is 0 Å². The van der Waals surface area contributed by atoms with Crippen molar-refractivity contribution >= 4 is 5.82 Å². The number of rotatable bonds is 1. The summed E-state index contributed by atoms with van der Waals surface area (Å²) in [5.41, 5.74) is 0. The zero-order valence-electron chi connectivity index (χ0n) is 8.77. The average molecular weight is 191 g/mol. The van der Waals surface area contributed by atoms with Gasteiger partial charge in [-0.25, -0.2) is 4.98 Å². The summed E-state index contributed by atoms with van der Waals surface area (Å²) < 4.78 is 0. The predicted octanol–water partition coefficient (Wildman–Crippen LogP) is 1.27. The lowest BCUT2D eigenvalue weighted by Gasteiger charge is -2.36. The van der Waals surface area contributed by atoms with Gasteiger partial charge in [0, 0.05) is 31.4 Å². The molecule has 0 aliphatic carbocycles. The molecule has 2 atom stereocenters. The van der Waals surface area contributed by atoms with Crippen LogP contribution in [0, 0.1) is 0 Å². The molecule has 1 saturated heterocycles. The average Bonchev–Trinajstić information content (AvgIpc) is 2.18. The van der Waals surface area contributed by atoms with Gasteiger partial charge < -0.3 is 10.2 Å². The molecule has 0 saturated carbocycles. The molecule has 0 radical (unpaired) electrons. The highest BCUT2D eigenvalue weighted by molar-refractivity contribution is 5.38. The van der Waals surface area contributed by atoms with Gasteiger partial charge in [0.25, 0.3) is 0 Å². The zero-order valence-corrected chi connectivity index (χ0v) is 8.77. The summed E-state index contributed by atoms with van der Waals surface area (Å²) in [4.78, 5) is 6.71. The summed E-state index contributed by atoms with van der Waals surface area (Å²) >= 11 is 0. The van der Waals surface area contributed by atoms with Crippen molar-refractivity contribution in [3.8, 4) is 0 Å². The van der Waals surface area contributed by atoms with Crippen LogP contribution in [0.1, 0.15) is 13.8 Å². The van der Waals surface area contributed by atoms with Crippen molar-refractivity contribution < 1.29 is 0 Å². The quantitative estimate of drug-likeness (QED) is 0.724. The van der Waals surface area contributed by atoms with Gasteiger partial charge in [-0.1, -0.05) is 6.07 Å². The Balaban J connectivity index is 2.11. The topological polar surface area (TPSA) is 28.2 Å². The highest BCUT2D eigenvalue weighted by atomic mass is 15.2. The standard InChI is InChI=1S/C11H17N3/c1-9-7-14(8-10(2)13-9)11-5-3-4-6-12-11/h3-6,9-10,13H,7-8H2,1-2H3/t9-,10+. The minimum absolute atomic E-state index is 0.542. The number of piperazine rings is 1. The van der Waals surface area contributed by atoms with Gasteiger partial charge in [-0.3, -0.25) is 0 Å². The molecule has 0 aromatic carbocycles. The van der Waals surface area contributed by atoms with E-state index in [1.54, 1.807) is 0 Å². The summed E-state index contributed by atoms with van der Waals surface area (Å²) in [5.74, 6) is 1.09. The van der Waals surface area contributed by atoms with Gasteiger partial charge in [0.1, 0.15) is 5.82 Å². The SMILES string of the molecule is C[C@@H]1CN(c2ccccn2)C[C@H](C)N1. The van der Waals surface area contributed by atoms with Crippen LogP contribution >= 0.6 is 0 Å². The van der Waals surface area contributed by atoms with Gasteiger partial charge >= 0.3 is 0 Å². The Bertz CT molecular complexity index is 276. The third-order valence-electron chi connectivity index (χ3n) is 2.53. The predicted molar refractivity (Wildman–Crippen MR) is 58.5 cm³/mol. The van der Waals surface area contributed by atoms with Crippen molar-refractivity contribution in [2.24, 2.45) is 0 Å². The highest BCUT2D eigenvalue weighted by Crippen LogP contribution is 2.13. The van der Waals surface area contributed by atoms with Gasteiger partial charge in [0.15, 0.2) is 0 Å². The maximum Gasteiger partial charge on any atom is 0.128 e. The summed E-state index contributed by atoms with van der Waals surface area (Å²) in [6.45, 7) is 6.51. The van der Waals surface area contributed by atoms with E-state index in [0.29, 0.717) is 12.1 Å². The fourth-order valence-corrected chi connectivity index (χ4v) is 2.05. The molecule has 3 nitrogen and oxygen atoms in total. The minimum Gasteiger partial charge on any atom is -0.354 e. The third kappa shape index (κ3) is 2.04. The van der Waals surface area contributed by atoms with Crippen LogP contribution in [0.15, 0.2) is 24.4 Å². The Morgan fingerprint density at radius 2 is 2.00 bits per heavy atom. The molecular weight excluding hydrogens is 174 g/mol. The van der Waals surface area contributed by atoms with Gasteiger partial charge in [-0.05, 0) is 26.0 Å². The summed E-state index contributed by atoms with van der Waals surface area (Å²) in [5, 5.41) is 3.51. The van der Waals surface area contributed by atoms with Crippen molar-refractivity contribution in [2.75, 3.05) is 18.0 Å². The number of nitrogens with zero attached hydrogens (tertiary/aromatic N) is 2. The van der Waals surface area contributed by atoms with E-state index < -0.39 is 0 Å². The molecule has 1 aliphatic rings. The van der Waals surface area contributed by atoms with Crippen LogP contribution in [0.3, 0.4) is 0 Å². The van der Waals surface area contributed by atoms with Crippen molar-refractivity contribution in [1.82, 2.24) is 10.3 Å². The van der Waals surface area contributed by atoms with Crippen LogP contribution in [0.25, 0.3) is 0 Å². The second-order valence-corrected chi connectivity index (χ2v) is 4.06. The Kier molecular flexibility index (Phi) is 2.68. The van der Waals surface area contributed by atoms with Crippen LogP contribution in [-0.2, 0) is 0 Å². The lowest BCUT2D eigenvalue weighted by Crippen LogP contribution is -2.54. The summed E-state index contributed by atoms with van der Waals surface area (Å²) in [6, 6.07) is 7.16. The Morgan fingerprint density at radius 1 is 1.29 bits per heavy atom. The van der Waals surface area contributed by atoms with E-state index >= 15 is 0 Å². The van der Waals surface area contributed by atoms with Gasteiger partial charge in [-0.2, -0.15) is 0 Å². The highest BCUT2D eigenvalue weighted by Gasteiger charge is 2.21. The normalized spacial score (nSPS) is 27.7. The van der Waals surface area contributed by atoms with E-state index in [9.17, 15) is 0 Å². The maximum atomic E-state index is 4.37. The molecule has 0 amide bonds. The van der Waals surface area contributed by atoms with Crippen molar-refractivity contribution in [1.29, 1.82) is 0 Å². The summed E-state index contributed by atoms with van der Waals surface area (Å²) in [7, 11) is 0. The summed E-state index contributed by atoms with van der Waals surface area (Å²) in [6.07, 6.45) is 1.85. The van der Waals surface area contributed by atoms with Crippen LogP contribution in [0.4, 0.5) is 5.82 Å². The van der Waals surface area contributed by atoms with Crippen LogP contribution in [-0.4, -0.2) is 30.2 Å². The number of anilines is 1. The fraction of sp³-hybridized carbons (Fsp3) is 0.545. The molecule has 76 valence electrons. The number of aromatic nitrogens is 1. The first kappa shape index (κ1) is 9.46. The molecular formula is C11H17N3. The number of nitrogens with one attached hydrogen (secondary N) is 1. The van der Waals surface area contributed by atoms with E-state index in [4.69, 9.17) is 0 Å². The van der Waals surface area contributed by atoms with E-state index in [2.05, 4.69) is 35.1 Å². The fourth-order valence-electron chi connectivity index (χ4n) is 2.05. The van der Waals surface area contributed by atoms with Crippen molar-refractivity contribution in [3.63, 3.8) is 0 Å². The lowest BCUT2D eigenvalue weighted by atomic mass is 10.1. The van der Waals surface area contributed by atoms with E-state index in [0.717, 1.165) is 18.9 Å². The molecule has 2 heterocycles. The first-order valence-corrected chi connectivity index (χ1v) is 5.18. The first-order valence-electron chi connectivity index (χ1n) is 5.18. The van der Waals surface area contributed by atoms with E-state index in [-0.39, 0.29) is 0 Å². The molecule has 0 spiro atoms. The van der Waals surface area contributed by atoms with Crippen LogP contribution in [0.2, 0.25) is 0 Å². The smallest absolute Gasteiger partial charge is 0.128 e. The van der Waals surface area contributed by atoms with Crippen LogP contribution in [0.5, 0.6) is 0 Å². The maximum absolute atomic E-state index is 4.37. The Labute approximate surface area is 85.1 Å². The number of hydrogen-bond donors (Lipinski definition) is 1. The molecule has 0 bridgehead atoms. The molecule has 2 rings (SSSR count). The van der Waals surface area contributed by atoms with Gasteiger partial charge in [0.2, 0.25) is 0 Å². The third-order valence-corrected chi connectivity index (χ3v) is 2.53. The molecule has 1 aromatic rings. The van der Waals surface area contributed by atoms with Crippen LogP contribution < -0.4 is 10.2 Å². The van der Waals surface area contributed by atoms with Crippen molar-refractivity contribution in [2.45, 2.75) is 25.9 Å². The molecule has 3 heteroatoms. The number of hydrogen-bond acceptors (Lipinski definition) is 3.